The molecule has 118 valence electrons. The number of hydrogen-bond donors (Lipinski definition) is 1. The summed E-state index contributed by atoms with van der Waals surface area (Å²) < 4.78 is 0. The summed E-state index contributed by atoms with van der Waals surface area (Å²) in [7, 11) is 2.09. The van der Waals surface area contributed by atoms with Crippen molar-refractivity contribution >= 4 is 28.2 Å². The Kier molecular flexibility index (Phi) is 5.05. The van der Waals surface area contributed by atoms with Crippen LogP contribution in [0.2, 0.25) is 0 Å². The maximum absolute atomic E-state index is 12.7. The van der Waals surface area contributed by atoms with Gasteiger partial charge in [-0.25, -0.2) is 4.98 Å². The minimum absolute atomic E-state index is 0.0170. The first kappa shape index (κ1) is 16.0. The van der Waals surface area contributed by atoms with Gasteiger partial charge in [-0.05, 0) is 27.8 Å². The van der Waals surface area contributed by atoms with Gasteiger partial charge in [-0.3, -0.25) is 4.79 Å². The maximum atomic E-state index is 12.7. The molecule has 0 saturated carbocycles. The lowest BCUT2D eigenvalue weighted by molar-refractivity contribution is 0.0578. The van der Waals surface area contributed by atoms with Crippen LogP contribution in [0.1, 0.15) is 30.4 Å². The Morgan fingerprint density at radius 1 is 1.43 bits per heavy atom. The number of rotatable bonds is 4. The van der Waals surface area contributed by atoms with Gasteiger partial charge in [-0.15, -0.1) is 0 Å². The van der Waals surface area contributed by atoms with Crippen LogP contribution in [0.5, 0.6) is 0 Å². The second-order valence-electron chi connectivity index (χ2n) is 5.46. The minimum atomic E-state index is 0.0170. The molecule has 2 heterocycles. The van der Waals surface area contributed by atoms with E-state index in [9.17, 15) is 4.79 Å². The SMILES string of the molecule is CCN(CC)c1nc(N)c(C(=O)N2CCN(C)C(C)C2)s1. The molecule has 0 aromatic carbocycles. The zero-order valence-electron chi connectivity index (χ0n) is 13.3. The first-order chi connectivity index (χ1) is 9.97. The monoisotopic (exact) mass is 311 g/mol. The Labute approximate surface area is 130 Å². The first-order valence-electron chi connectivity index (χ1n) is 7.48. The summed E-state index contributed by atoms with van der Waals surface area (Å²) in [5, 5.41) is 0.836. The Balaban J connectivity index is 2.16. The van der Waals surface area contributed by atoms with Crippen LogP contribution in [0, 0.1) is 0 Å². The molecule has 21 heavy (non-hydrogen) atoms. The van der Waals surface area contributed by atoms with Gasteiger partial charge < -0.3 is 20.4 Å². The van der Waals surface area contributed by atoms with Crippen molar-refractivity contribution in [3.05, 3.63) is 4.88 Å². The minimum Gasteiger partial charge on any atom is -0.382 e. The van der Waals surface area contributed by atoms with Gasteiger partial charge in [0.15, 0.2) is 5.13 Å². The van der Waals surface area contributed by atoms with E-state index in [2.05, 4.69) is 42.6 Å². The summed E-state index contributed by atoms with van der Waals surface area (Å²) in [6.45, 7) is 10.4. The van der Waals surface area contributed by atoms with E-state index in [1.165, 1.54) is 11.3 Å². The van der Waals surface area contributed by atoms with Gasteiger partial charge in [0.25, 0.3) is 5.91 Å². The molecule has 7 heteroatoms. The molecule has 2 N–H and O–H groups in total. The van der Waals surface area contributed by atoms with Crippen molar-refractivity contribution in [2.45, 2.75) is 26.8 Å². The largest absolute Gasteiger partial charge is 0.382 e. The molecule has 0 aliphatic carbocycles. The number of piperazine rings is 1. The molecule has 1 aromatic rings. The van der Waals surface area contributed by atoms with Gasteiger partial charge in [0, 0.05) is 38.8 Å². The molecular formula is C14H25N5OS. The molecule has 1 saturated heterocycles. The number of nitrogen functional groups attached to an aromatic ring is 1. The fourth-order valence-corrected chi connectivity index (χ4v) is 3.56. The number of hydrogen-bond acceptors (Lipinski definition) is 6. The van der Waals surface area contributed by atoms with Crippen molar-refractivity contribution < 1.29 is 4.79 Å². The standard InChI is InChI=1S/C14H25N5OS/c1-5-18(6-2)14-16-12(15)11(21-14)13(20)19-8-7-17(4)10(3)9-19/h10H,5-9,15H2,1-4H3. The first-order valence-corrected chi connectivity index (χ1v) is 8.30. The predicted molar refractivity (Wildman–Crippen MR) is 88.1 cm³/mol. The Bertz CT molecular complexity index is 500. The van der Waals surface area contributed by atoms with Crippen LogP contribution in [-0.4, -0.2) is 66.5 Å². The Morgan fingerprint density at radius 3 is 2.67 bits per heavy atom. The fraction of sp³-hybridized carbons (Fsp3) is 0.714. The van der Waals surface area contributed by atoms with Gasteiger partial charge in [0.1, 0.15) is 10.7 Å². The zero-order chi connectivity index (χ0) is 15.6. The molecule has 0 bridgehead atoms. The average molecular weight is 311 g/mol. The zero-order valence-corrected chi connectivity index (χ0v) is 14.1. The van der Waals surface area contributed by atoms with Gasteiger partial charge in [-0.2, -0.15) is 0 Å². The molecule has 1 aliphatic heterocycles. The summed E-state index contributed by atoms with van der Waals surface area (Å²) in [6, 6.07) is 0.374. The number of likely N-dealkylation sites (N-methyl/N-ethyl adjacent to an activating group) is 1. The highest BCUT2D eigenvalue weighted by molar-refractivity contribution is 7.18. The van der Waals surface area contributed by atoms with E-state index >= 15 is 0 Å². The molecule has 2 rings (SSSR count). The summed E-state index contributed by atoms with van der Waals surface area (Å²) in [4.78, 5) is 23.9. The Morgan fingerprint density at radius 2 is 2.10 bits per heavy atom. The molecule has 1 fully saturated rings. The second-order valence-corrected chi connectivity index (χ2v) is 6.44. The van der Waals surface area contributed by atoms with Crippen molar-refractivity contribution in [1.29, 1.82) is 0 Å². The van der Waals surface area contributed by atoms with Crippen molar-refractivity contribution in [2.24, 2.45) is 0 Å². The van der Waals surface area contributed by atoms with Crippen LogP contribution in [0.25, 0.3) is 0 Å². The summed E-state index contributed by atoms with van der Waals surface area (Å²) in [5.41, 5.74) is 5.97. The Hall–Kier alpha value is -1.34. The maximum Gasteiger partial charge on any atom is 0.267 e. The number of thiazole rings is 1. The summed E-state index contributed by atoms with van der Waals surface area (Å²) in [5.74, 6) is 0.377. The molecule has 1 aliphatic rings. The second kappa shape index (κ2) is 6.62. The number of nitrogens with two attached hydrogens (primary N) is 1. The van der Waals surface area contributed by atoms with Gasteiger partial charge >= 0.3 is 0 Å². The van der Waals surface area contributed by atoms with Crippen LogP contribution < -0.4 is 10.6 Å². The molecule has 1 unspecified atom stereocenters. The third kappa shape index (κ3) is 3.29. The van der Waals surface area contributed by atoms with E-state index in [1.54, 1.807) is 0 Å². The highest BCUT2D eigenvalue weighted by Gasteiger charge is 2.28. The third-order valence-electron chi connectivity index (χ3n) is 4.12. The van der Waals surface area contributed by atoms with E-state index in [-0.39, 0.29) is 5.91 Å². The molecule has 1 atom stereocenters. The molecule has 1 aromatic heterocycles. The average Bonchev–Trinajstić information content (AvgIpc) is 2.84. The number of aromatic nitrogens is 1. The lowest BCUT2D eigenvalue weighted by Gasteiger charge is -2.37. The van der Waals surface area contributed by atoms with Crippen molar-refractivity contribution in [2.75, 3.05) is 50.4 Å². The molecule has 0 spiro atoms. The van der Waals surface area contributed by atoms with Gasteiger partial charge in [0.2, 0.25) is 0 Å². The quantitative estimate of drug-likeness (QED) is 0.909. The topological polar surface area (TPSA) is 65.7 Å². The lowest BCUT2D eigenvalue weighted by atomic mass is 10.2. The van der Waals surface area contributed by atoms with E-state index in [1.807, 2.05) is 4.90 Å². The van der Waals surface area contributed by atoms with E-state index in [0.29, 0.717) is 16.7 Å². The normalized spacial score (nSPS) is 19.8. The molecule has 1 amide bonds. The number of anilines is 2. The molecule has 0 radical (unpaired) electrons. The number of nitrogens with zero attached hydrogens (tertiary/aromatic N) is 4. The van der Waals surface area contributed by atoms with E-state index in [4.69, 9.17) is 5.73 Å². The summed E-state index contributed by atoms with van der Waals surface area (Å²) in [6.07, 6.45) is 0. The number of carbonyl (C=O) groups excluding carboxylic acids is 1. The van der Waals surface area contributed by atoms with Crippen LogP contribution in [0.3, 0.4) is 0 Å². The molecular weight excluding hydrogens is 286 g/mol. The van der Waals surface area contributed by atoms with E-state index in [0.717, 1.165) is 37.9 Å². The van der Waals surface area contributed by atoms with Gasteiger partial charge in [-0.1, -0.05) is 11.3 Å². The molecule has 6 nitrogen and oxygen atoms in total. The van der Waals surface area contributed by atoms with Gasteiger partial charge in [0.05, 0.1) is 0 Å². The van der Waals surface area contributed by atoms with Crippen LogP contribution >= 0.6 is 11.3 Å². The predicted octanol–water partition coefficient (Wildman–Crippen LogP) is 1.35. The van der Waals surface area contributed by atoms with Crippen LogP contribution in [-0.2, 0) is 0 Å². The number of carbonyl (C=O) groups is 1. The smallest absolute Gasteiger partial charge is 0.267 e. The van der Waals surface area contributed by atoms with Crippen molar-refractivity contribution in [3.63, 3.8) is 0 Å². The highest BCUT2D eigenvalue weighted by atomic mass is 32.1. The van der Waals surface area contributed by atoms with E-state index < -0.39 is 0 Å². The van der Waals surface area contributed by atoms with Crippen LogP contribution in [0.4, 0.5) is 10.9 Å². The highest BCUT2D eigenvalue weighted by Crippen LogP contribution is 2.29. The third-order valence-corrected chi connectivity index (χ3v) is 5.24. The fourth-order valence-electron chi connectivity index (χ4n) is 2.48. The lowest BCUT2D eigenvalue weighted by Crippen LogP contribution is -2.51. The van der Waals surface area contributed by atoms with Crippen molar-refractivity contribution in [3.8, 4) is 0 Å². The van der Waals surface area contributed by atoms with Crippen molar-refractivity contribution in [1.82, 2.24) is 14.8 Å². The summed E-state index contributed by atoms with van der Waals surface area (Å²) >= 11 is 1.41. The number of amides is 1. The van der Waals surface area contributed by atoms with Crippen LogP contribution in [0.15, 0.2) is 0 Å².